The fraction of sp³-hybridized carbons (Fsp3) is 0.0690. The van der Waals surface area contributed by atoms with E-state index in [9.17, 15) is 21.6 Å². The normalized spacial score (nSPS) is 12.8. The minimum Gasteiger partial charge on any atom is -0.374 e. The van der Waals surface area contributed by atoms with Crippen LogP contribution in [0.1, 0.15) is 25.0 Å². The summed E-state index contributed by atoms with van der Waals surface area (Å²) in [6.07, 6.45) is 0. The molecule has 0 aromatic heterocycles. The van der Waals surface area contributed by atoms with Gasteiger partial charge in [0.2, 0.25) is 0 Å². The molecule has 0 N–H and O–H groups in total. The number of halogens is 3. The lowest BCUT2D eigenvalue weighted by molar-refractivity contribution is -0.0499. The van der Waals surface area contributed by atoms with Crippen molar-refractivity contribution in [3.63, 3.8) is 0 Å². The number of hydrogen-bond donors (Lipinski definition) is 0. The molecule has 0 aliphatic heterocycles. The second kappa shape index (κ2) is 17.2. The van der Waals surface area contributed by atoms with E-state index in [-0.39, 0.29) is 11.1 Å². The molecular formula is C58H43F3N2O3S. The van der Waals surface area contributed by atoms with Gasteiger partial charge in [-0.2, -0.15) is 21.6 Å². The summed E-state index contributed by atoms with van der Waals surface area (Å²) >= 11 is 0. The van der Waals surface area contributed by atoms with E-state index in [1.165, 1.54) is 11.6 Å². The number of hydrogen-bond acceptors (Lipinski definition) is 5. The molecule has 5 nitrogen and oxygen atoms in total. The average Bonchev–Trinajstić information content (AvgIpc) is 3.58. The number of benzene rings is 9. The van der Waals surface area contributed by atoms with Gasteiger partial charge in [-0.25, -0.2) is 0 Å². The van der Waals surface area contributed by atoms with Crippen molar-refractivity contribution in [1.82, 2.24) is 0 Å². The Kier molecular flexibility index (Phi) is 11.0. The van der Waals surface area contributed by atoms with Gasteiger partial charge in [0.15, 0.2) is 5.75 Å². The van der Waals surface area contributed by atoms with E-state index in [0.717, 1.165) is 50.1 Å². The molecule has 0 atom stereocenters. The number of alkyl halides is 3. The summed E-state index contributed by atoms with van der Waals surface area (Å²) in [5, 5.41) is 0. The van der Waals surface area contributed by atoms with E-state index in [2.05, 4.69) is 38.1 Å². The third kappa shape index (κ3) is 8.23. The van der Waals surface area contributed by atoms with E-state index < -0.39 is 21.4 Å². The van der Waals surface area contributed by atoms with Crippen LogP contribution < -0.4 is 14.0 Å². The molecule has 9 aromatic carbocycles. The van der Waals surface area contributed by atoms with Crippen molar-refractivity contribution >= 4 is 44.2 Å². The van der Waals surface area contributed by atoms with Gasteiger partial charge in [0.05, 0.1) is 11.4 Å². The van der Waals surface area contributed by atoms with E-state index in [1.54, 1.807) is 17.0 Å². The van der Waals surface area contributed by atoms with Crippen molar-refractivity contribution in [3.8, 4) is 50.3 Å². The fourth-order valence-corrected chi connectivity index (χ4v) is 9.59. The Morgan fingerprint density at radius 2 is 0.806 bits per heavy atom. The maximum Gasteiger partial charge on any atom is 0.534 e. The van der Waals surface area contributed by atoms with Crippen LogP contribution >= 0.6 is 0 Å². The van der Waals surface area contributed by atoms with Gasteiger partial charge in [-0.05, 0) is 116 Å². The molecule has 0 saturated carbocycles. The first-order chi connectivity index (χ1) is 32.4. The molecule has 0 fully saturated rings. The lowest BCUT2D eigenvalue weighted by atomic mass is 9.82. The van der Waals surface area contributed by atoms with E-state index >= 15 is 0 Å². The Hall–Kier alpha value is -7.88. The lowest BCUT2D eigenvalue weighted by Gasteiger charge is -2.31. The highest BCUT2D eigenvalue weighted by Crippen LogP contribution is 2.52. The Labute approximate surface area is 388 Å². The van der Waals surface area contributed by atoms with Crippen LogP contribution in [-0.2, 0) is 15.5 Å². The molecule has 1 aliphatic rings. The Bertz CT molecular complexity index is 3300. The molecule has 0 bridgehead atoms. The summed E-state index contributed by atoms with van der Waals surface area (Å²) in [6, 6.07) is 71.6. The average molecular weight is 905 g/mol. The van der Waals surface area contributed by atoms with E-state index in [0.29, 0.717) is 28.4 Å². The van der Waals surface area contributed by atoms with Gasteiger partial charge < -0.3 is 14.0 Å². The van der Waals surface area contributed by atoms with Gasteiger partial charge >= 0.3 is 15.6 Å². The zero-order chi connectivity index (χ0) is 46.3. The molecule has 67 heavy (non-hydrogen) atoms. The van der Waals surface area contributed by atoms with Crippen LogP contribution in [0.2, 0.25) is 0 Å². The van der Waals surface area contributed by atoms with Gasteiger partial charge in [-0.3, -0.25) is 0 Å². The molecule has 0 unspecified atom stereocenters. The monoisotopic (exact) mass is 904 g/mol. The van der Waals surface area contributed by atoms with Crippen LogP contribution in [0.25, 0.3) is 44.5 Å². The zero-order valence-corrected chi connectivity index (χ0v) is 37.3. The third-order valence-electron chi connectivity index (χ3n) is 12.4. The molecular weight excluding hydrogens is 862 g/mol. The quantitative estimate of drug-likeness (QED) is 0.0956. The van der Waals surface area contributed by atoms with Crippen LogP contribution in [0.4, 0.5) is 47.3 Å². The summed E-state index contributed by atoms with van der Waals surface area (Å²) < 4.78 is 75.6. The minimum atomic E-state index is -6.19. The van der Waals surface area contributed by atoms with Crippen LogP contribution in [0.15, 0.2) is 224 Å². The van der Waals surface area contributed by atoms with Gasteiger partial charge in [0.1, 0.15) is 0 Å². The number of nitrogens with zero attached hydrogens (tertiary/aromatic N) is 2. The van der Waals surface area contributed by atoms with Gasteiger partial charge in [0, 0.05) is 34.2 Å². The minimum absolute atomic E-state index is 0.0653. The Morgan fingerprint density at radius 3 is 1.31 bits per heavy atom. The van der Waals surface area contributed by atoms with Gasteiger partial charge in [0.25, 0.3) is 0 Å². The SMILES string of the molecule is CC1(C)c2ccccc2-c2ccc(N(c3cccc(-c4ccccc4)c3)c3ccc(N(c4cccc(-c5ccccc5)c4)c4cccc(-c5ccccc5)c4)c(OS(=O)(=O)C(F)(F)F)c3)cc21. The summed E-state index contributed by atoms with van der Waals surface area (Å²) in [7, 11) is -6.19. The maximum absolute atomic E-state index is 14.5. The fourth-order valence-electron chi connectivity index (χ4n) is 9.13. The van der Waals surface area contributed by atoms with Crippen LogP contribution in [0.5, 0.6) is 5.75 Å². The van der Waals surface area contributed by atoms with Crippen molar-refractivity contribution in [2.45, 2.75) is 24.8 Å². The Morgan fingerprint density at radius 1 is 0.403 bits per heavy atom. The Balaban J connectivity index is 1.21. The highest BCUT2D eigenvalue weighted by molar-refractivity contribution is 7.88. The van der Waals surface area contributed by atoms with Crippen molar-refractivity contribution in [2.75, 3.05) is 9.80 Å². The van der Waals surface area contributed by atoms with Crippen LogP contribution in [0.3, 0.4) is 0 Å². The molecule has 10 rings (SSSR count). The molecule has 9 heteroatoms. The second-order valence-electron chi connectivity index (χ2n) is 17.0. The summed E-state index contributed by atoms with van der Waals surface area (Å²) in [4.78, 5) is 3.67. The number of rotatable bonds is 11. The first-order valence-electron chi connectivity index (χ1n) is 21.8. The third-order valence-corrected chi connectivity index (χ3v) is 13.4. The predicted molar refractivity (Wildman–Crippen MR) is 265 cm³/mol. The topological polar surface area (TPSA) is 49.9 Å². The van der Waals surface area contributed by atoms with Crippen LogP contribution in [0, 0.1) is 0 Å². The molecule has 9 aromatic rings. The van der Waals surface area contributed by atoms with Gasteiger partial charge in [-0.15, -0.1) is 0 Å². The van der Waals surface area contributed by atoms with Crippen molar-refractivity contribution in [2.24, 2.45) is 0 Å². The predicted octanol–water partition coefficient (Wildman–Crippen LogP) is 16.2. The second-order valence-corrected chi connectivity index (χ2v) is 18.5. The van der Waals surface area contributed by atoms with E-state index in [1.807, 2.05) is 187 Å². The highest BCUT2D eigenvalue weighted by Gasteiger charge is 2.49. The summed E-state index contributed by atoms with van der Waals surface area (Å²) in [6.45, 7) is 4.36. The standard InChI is InChI=1S/C58H43F3N2O3S/c1-57(2)53-30-13-12-29-51(53)52-33-31-49(38-54(52)57)62(46-26-14-23-43(35-46)40-17-6-3-7-18-40)50-32-34-55(56(39-50)66-67(64,65)58(59,60)61)63(47-27-15-24-44(36-47)41-19-8-4-9-20-41)48-28-16-25-45(37-48)42-21-10-5-11-22-42/h3-39H,1-2H3. The zero-order valence-electron chi connectivity index (χ0n) is 36.5. The largest absolute Gasteiger partial charge is 0.534 e. The summed E-state index contributed by atoms with van der Waals surface area (Å²) in [5.74, 6) is -0.525. The smallest absolute Gasteiger partial charge is 0.374 e. The molecule has 0 amide bonds. The van der Waals surface area contributed by atoms with Crippen molar-refractivity contribution in [1.29, 1.82) is 0 Å². The molecule has 0 radical (unpaired) electrons. The molecule has 330 valence electrons. The van der Waals surface area contributed by atoms with E-state index in [4.69, 9.17) is 4.18 Å². The molecule has 0 spiro atoms. The van der Waals surface area contributed by atoms with Crippen molar-refractivity contribution in [3.05, 3.63) is 236 Å². The number of fused-ring (bicyclic) bond motifs is 3. The van der Waals surface area contributed by atoms with Gasteiger partial charge in [-0.1, -0.05) is 172 Å². The highest BCUT2D eigenvalue weighted by atomic mass is 32.2. The summed E-state index contributed by atoms with van der Waals surface area (Å²) in [5.41, 5.74) is 6.73. The molecule has 1 aliphatic carbocycles. The van der Waals surface area contributed by atoms with Crippen LogP contribution in [-0.4, -0.2) is 13.9 Å². The molecule has 0 heterocycles. The maximum atomic E-state index is 14.5. The number of anilines is 6. The first-order valence-corrected chi connectivity index (χ1v) is 23.2. The first kappa shape index (κ1) is 43.0. The lowest BCUT2D eigenvalue weighted by Crippen LogP contribution is -2.28. The van der Waals surface area contributed by atoms with Crippen molar-refractivity contribution < 1.29 is 25.8 Å². The molecule has 0 saturated heterocycles.